The second-order valence-corrected chi connectivity index (χ2v) is 6.48. The Hall–Kier alpha value is -3.34. The van der Waals surface area contributed by atoms with Gasteiger partial charge in [0.2, 0.25) is 0 Å². The van der Waals surface area contributed by atoms with Crippen LogP contribution in [0, 0.1) is 0 Å². The van der Waals surface area contributed by atoms with Crippen LogP contribution in [0.4, 0.5) is 5.69 Å². The van der Waals surface area contributed by atoms with E-state index in [1.54, 1.807) is 19.5 Å². The van der Waals surface area contributed by atoms with E-state index >= 15 is 0 Å². The molecule has 3 rings (SSSR count). The van der Waals surface area contributed by atoms with Crippen LogP contribution in [-0.2, 0) is 12.8 Å². The molecule has 28 heavy (non-hydrogen) atoms. The zero-order valence-corrected chi connectivity index (χ0v) is 16.0. The molecule has 1 heterocycles. The molecule has 0 unspecified atom stereocenters. The highest BCUT2D eigenvalue weighted by Crippen LogP contribution is 2.14. The smallest absolute Gasteiger partial charge is 0.252 e. The van der Waals surface area contributed by atoms with Crippen molar-refractivity contribution < 1.29 is 9.53 Å². The van der Waals surface area contributed by atoms with Crippen molar-refractivity contribution in [3.05, 3.63) is 89.7 Å². The number of aromatic nitrogens is 1. The molecule has 3 aromatic rings. The Balaban J connectivity index is 1.48. The zero-order valence-electron chi connectivity index (χ0n) is 16.0. The Bertz CT molecular complexity index is 897. The SMILES string of the molecule is COc1cccc(CCNc2cncc(C(=O)NCCc3ccccc3)c2)c1. The maximum Gasteiger partial charge on any atom is 0.252 e. The van der Waals surface area contributed by atoms with Crippen LogP contribution < -0.4 is 15.4 Å². The van der Waals surface area contributed by atoms with E-state index in [0.29, 0.717) is 12.1 Å². The first-order chi connectivity index (χ1) is 13.7. The maximum atomic E-state index is 12.4. The number of nitrogens with zero attached hydrogens (tertiary/aromatic N) is 1. The Morgan fingerprint density at radius 1 is 0.929 bits per heavy atom. The molecule has 0 radical (unpaired) electrons. The molecule has 5 nitrogen and oxygen atoms in total. The summed E-state index contributed by atoms with van der Waals surface area (Å²) in [5, 5.41) is 6.27. The third kappa shape index (κ3) is 5.84. The van der Waals surface area contributed by atoms with E-state index in [1.165, 1.54) is 11.1 Å². The van der Waals surface area contributed by atoms with Crippen molar-refractivity contribution in [1.29, 1.82) is 0 Å². The van der Waals surface area contributed by atoms with Crippen molar-refractivity contribution in [2.75, 3.05) is 25.5 Å². The predicted octanol–water partition coefficient (Wildman–Crippen LogP) is 3.72. The number of hydrogen-bond donors (Lipinski definition) is 2. The largest absolute Gasteiger partial charge is 0.497 e. The Labute approximate surface area is 165 Å². The number of benzene rings is 2. The minimum absolute atomic E-state index is 0.111. The van der Waals surface area contributed by atoms with Crippen LogP contribution in [0.1, 0.15) is 21.5 Å². The third-order valence-electron chi connectivity index (χ3n) is 4.42. The number of ether oxygens (including phenoxy) is 1. The first kappa shape index (κ1) is 19.4. The topological polar surface area (TPSA) is 63.2 Å². The molecular weight excluding hydrogens is 350 g/mol. The van der Waals surface area contributed by atoms with E-state index in [1.807, 2.05) is 42.5 Å². The number of carbonyl (C=O) groups excluding carboxylic acids is 1. The molecule has 2 aromatic carbocycles. The first-order valence-electron chi connectivity index (χ1n) is 9.38. The normalized spacial score (nSPS) is 10.3. The van der Waals surface area contributed by atoms with Gasteiger partial charge in [0.1, 0.15) is 5.75 Å². The summed E-state index contributed by atoms with van der Waals surface area (Å²) in [6.45, 7) is 1.34. The van der Waals surface area contributed by atoms with Crippen LogP contribution in [-0.4, -0.2) is 31.1 Å². The molecule has 144 valence electrons. The van der Waals surface area contributed by atoms with Crippen LogP contribution in [0.5, 0.6) is 5.75 Å². The lowest BCUT2D eigenvalue weighted by atomic mass is 10.1. The number of hydrogen-bond acceptors (Lipinski definition) is 4. The summed E-state index contributed by atoms with van der Waals surface area (Å²) in [4.78, 5) is 16.5. The summed E-state index contributed by atoms with van der Waals surface area (Å²) >= 11 is 0. The van der Waals surface area contributed by atoms with Crippen LogP contribution in [0.3, 0.4) is 0 Å². The first-order valence-corrected chi connectivity index (χ1v) is 9.38. The van der Waals surface area contributed by atoms with Crippen LogP contribution in [0.25, 0.3) is 0 Å². The molecule has 0 aliphatic heterocycles. The van der Waals surface area contributed by atoms with E-state index in [9.17, 15) is 4.79 Å². The number of pyridine rings is 1. The van der Waals surface area contributed by atoms with Gasteiger partial charge >= 0.3 is 0 Å². The summed E-state index contributed by atoms with van der Waals surface area (Å²) in [7, 11) is 1.67. The maximum absolute atomic E-state index is 12.4. The van der Waals surface area contributed by atoms with E-state index in [-0.39, 0.29) is 5.91 Å². The minimum Gasteiger partial charge on any atom is -0.497 e. The molecule has 0 saturated carbocycles. The number of amides is 1. The Morgan fingerprint density at radius 3 is 2.54 bits per heavy atom. The van der Waals surface area contributed by atoms with Crippen molar-refractivity contribution in [2.24, 2.45) is 0 Å². The molecule has 0 fully saturated rings. The highest BCUT2D eigenvalue weighted by molar-refractivity contribution is 5.94. The van der Waals surface area contributed by atoms with Crippen molar-refractivity contribution >= 4 is 11.6 Å². The Morgan fingerprint density at radius 2 is 1.71 bits per heavy atom. The number of nitrogens with one attached hydrogen (secondary N) is 2. The van der Waals surface area contributed by atoms with Gasteiger partial charge in [-0.1, -0.05) is 42.5 Å². The zero-order chi connectivity index (χ0) is 19.6. The van der Waals surface area contributed by atoms with Gasteiger partial charge in [-0.25, -0.2) is 0 Å². The summed E-state index contributed by atoms with van der Waals surface area (Å²) in [6, 6.07) is 19.9. The summed E-state index contributed by atoms with van der Waals surface area (Å²) in [5.74, 6) is 0.744. The fraction of sp³-hybridized carbons (Fsp3) is 0.217. The highest BCUT2D eigenvalue weighted by Gasteiger charge is 2.07. The van der Waals surface area contributed by atoms with E-state index in [2.05, 4.69) is 33.8 Å². The van der Waals surface area contributed by atoms with E-state index in [0.717, 1.165) is 30.8 Å². The van der Waals surface area contributed by atoms with Gasteiger partial charge in [-0.15, -0.1) is 0 Å². The van der Waals surface area contributed by atoms with Gasteiger partial charge in [0.25, 0.3) is 5.91 Å². The van der Waals surface area contributed by atoms with Crippen molar-refractivity contribution in [3.8, 4) is 5.75 Å². The molecule has 0 aliphatic carbocycles. The number of methoxy groups -OCH3 is 1. The van der Waals surface area contributed by atoms with Gasteiger partial charge in [-0.2, -0.15) is 0 Å². The van der Waals surface area contributed by atoms with Crippen LogP contribution >= 0.6 is 0 Å². The van der Waals surface area contributed by atoms with E-state index < -0.39 is 0 Å². The van der Waals surface area contributed by atoms with Gasteiger partial charge in [0.15, 0.2) is 0 Å². The minimum atomic E-state index is -0.111. The monoisotopic (exact) mass is 375 g/mol. The molecule has 0 saturated heterocycles. The lowest BCUT2D eigenvalue weighted by Crippen LogP contribution is -2.25. The van der Waals surface area contributed by atoms with Gasteiger partial charge < -0.3 is 15.4 Å². The number of anilines is 1. The number of carbonyl (C=O) groups is 1. The summed E-state index contributed by atoms with van der Waals surface area (Å²) in [6.07, 6.45) is 4.97. The molecule has 2 N–H and O–H groups in total. The van der Waals surface area contributed by atoms with E-state index in [4.69, 9.17) is 4.74 Å². The molecule has 5 heteroatoms. The van der Waals surface area contributed by atoms with Gasteiger partial charge in [0, 0.05) is 25.5 Å². The second-order valence-electron chi connectivity index (χ2n) is 6.48. The van der Waals surface area contributed by atoms with Crippen molar-refractivity contribution in [3.63, 3.8) is 0 Å². The number of rotatable bonds is 9. The van der Waals surface area contributed by atoms with Crippen LogP contribution in [0.2, 0.25) is 0 Å². The lowest BCUT2D eigenvalue weighted by Gasteiger charge is -2.09. The third-order valence-corrected chi connectivity index (χ3v) is 4.42. The molecule has 1 amide bonds. The second kappa shape index (κ2) is 10.1. The molecule has 0 atom stereocenters. The van der Waals surface area contributed by atoms with Gasteiger partial charge in [0.05, 0.1) is 18.4 Å². The Kier molecular flexibility index (Phi) is 7.01. The standard InChI is InChI=1S/C23H25N3O2/c1-28-22-9-5-8-19(14-22)11-12-25-21-15-20(16-24-17-21)23(27)26-13-10-18-6-3-2-4-7-18/h2-9,14-17,25H,10-13H2,1H3,(H,26,27). The molecule has 0 aliphatic rings. The molecule has 0 spiro atoms. The summed E-state index contributed by atoms with van der Waals surface area (Å²) < 4.78 is 5.25. The predicted molar refractivity (Wildman–Crippen MR) is 112 cm³/mol. The fourth-order valence-electron chi connectivity index (χ4n) is 2.91. The average Bonchev–Trinajstić information content (AvgIpc) is 2.75. The fourth-order valence-corrected chi connectivity index (χ4v) is 2.91. The lowest BCUT2D eigenvalue weighted by molar-refractivity contribution is 0.0954. The quantitative estimate of drug-likeness (QED) is 0.598. The van der Waals surface area contributed by atoms with Gasteiger partial charge in [-0.3, -0.25) is 9.78 Å². The molecule has 1 aromatic heterocycles. The highest BCUT2D eigenvalue weighted by atomic mass is 16.5. The van der Waals surface area contributed by atoms with Crippen molar-refractivity contribution in [2.45, 2.75) is 12.8 Å². The van der Waals surface area contributed by atoms with Crippen molar-refractivity contribution in [1.82, 2.24) is 10.3 Å². The van der Waals surface area contributed by atoms with Gasteiger partial charge in [-0.05, 0) is 42.2 Å². The molecule has 0 bridgehead atoms. The molecular formula is C23H25N3O2. The summed E-state index contributed by atoms with van der Waals surface area (Å²) in [5.41, 5.74) is 3.78. The average molecular weight is 375 g/mol. The van der Waals surface area contributed by atoms with Crippen LogP contribution in [0.15, 0.2) is 73.1 Å².